The van der Waals surface area contributed by atoms with Gasteiger partial charge in [0.05, 0.1) is 17.9 Å². The number of esters is 1. The quantitative estimate of drug-likeness (QED) is 0.851. The minimum absolute atomic E-state index is 0.0810. The van der Waals surface area contributed by atoms with Crippen molar-refractivity contribution in [3.63, 3.8) is 0 Å². The summed E-state index contributed by atoms with van der Waals surface area (Å²) in [7, 11) is 1.13. The van der Waals surface area contributed by atoms with Crippen molar-refractivity contribution in [3.05, 3.63) is 23.4 Å². The van der Waals surface area contributed by atoms with Gasteiger partial charge in [0.2, 0.25) is 5.91 Å². The number of alkyl halides is 3. The van der Waals surface area contributed by atoms with Gasteiger partial charge in [0.1, 0.15) is 10.7 Å². The fourth-order valence-corrected chi connectivity index (χ4v) is 3.29. The van der Waals surface area contributed by atoms with Gasteiger partial charge in [-0.2, -0.15) is 13.2 Å². The third kappa shape index (κ3) is 4.37. The van der Waals surface area contributed by atoms with Gasteiger partial charge in [-0.1, -0.05) is 18.2 Å². The van der Waals surface area contributed by atoms with E-state index in [1.165, 1.54) is 0 Å². The molecule has 1 N–H and O–H groups in total. The zero-order valence-corrected chi connectivity index (χ0v) is 13.1. The standard InChI is InChI=1S/C14H15F3N2O3S/c1-22-13(21)8-5-6-10(14(15,16)17)19-12(8)23-9-4-2-3-7-18-11(9)20/h5-6,9H,2-4,7H2,1H3,(H,18,20)/t9-/m1/s1. The molecular weight excluding hydrogens is 333 g/mol. The van der Waals surface area contributed by atoms with Crippen LogP contribution in [-0.2, 0) is 15.7 Å². The van der Waals surface area contributed by atoms with E-state index in [9.17, 15) is 22.8 Å². The SMILES string of the molecule is COC(=O)c1ccc(C(F)(F)F)nc1S[C@@H]1CCCCNC1=O. The molecule has 0 aliphatic carbocycles. The molecule has 23 heavy (non-hydrogen) atoms. The maximum Gasteiger partial charge on any atom is 0.433 e. The first-order chi connectivity index (χ1) is 10.8. The molecule has 0 spiro atoms. The van der Waals surface area contributed by atoms with E-state index >= 15 is 0 Å². The van der Waals surface area contributed by atoms with Gasteiger partial charge in [-0.05, 0) is 25.0 Å². The molecule has 1 fully saturated rings. The Labute approximate surface area is 135 Å². The van der Waals surface area contributed by atoms with Gasteiger partial charge in [-0.25, -0.2) is 9.78 Å². The molecule has 0 bridgehead atoms. The largest absolute Gasteiger partial charge is 0.465 e. The number of pyridine rings is 1. The zero-order valence-electron chi connectivity index (χ0n) is 12.3. The van der Waals surface area contributed by atoms with E-state index in [1.54, 1.807) is 0 Å². The summed E-state index contributed by atoms with van der Waals surface area (Å²) in [6.07, 6.45) is -2.55. The first-order valence-corrected chi connectivity index (χ1v) is 7.82. The number of hydrogen-bond acceptors (Lipinski definition) is 5. The number of carbonyl (C=O) groups is 2. The number of thioether (sulfide) groups is 1. The molecule has 9 heteroatoms. The summed E-state index contributed by atoms with van der Waals surface area (Å²) in [4.78, 5) is 27.2. The molecule has 1 aliphatic heterocycles. The summed E-state index contributed by atoms with van der Waals surface area (Å²) >= 11 is 0.863. The van der Waals surface area contributed by atoms with Crippen molar-refractivity contribution >= 4 is 23.6 Å². The molecule has 0 unspecified atom stereocenters. The van der Waals surface area contributed by atoms with Crippen molar-refractivity contribution < 1.29 is 27.5 Å². The summed E-state index contributed by atoms with van der Waals surface area (Å²) in [5.41, 5.74) is -1.19. The van der Waals surface area contributed by atoms with E-state index in [-0.39, 0.29) is 16.5 Å². The number of nitrogens with one attached hydrogen (secondary N) is 1. The number of ether oxygens (including phenoxy) is 1. The average Bonchev–Trinajstić information content (AvgIpc) is 2.70. The minimum Gasteiger partial charge on any atom is -0.465 e. The van der Waals surface area contributed by atoms with Crippen LogP contribution in [0.1, 0.15) is 35.3 Å². The van der Waals surface area contributed by atoms with E-state index in [0.29, 0.717) is 13.0 Å². The molecule has 0 radical (unpaired) electrons. The summed E-state index contributed by atoms with van der Waals surface area (Å²) in [6, 6.07) is 1.75. The number of hydrogen-bond donors (Lipinski definition) is 1. The van der Waals surface area contributed by atoms with Crippen molar-refractivity contribution in [1.29, 1.82) is 0 Å². The molecule has 1 amide bonds. The van der Waals surface area contributed by atoms with E-state index < -0.39 is 23.1 Å². The first-order valence-electron chi connectivity index (χ1n) is 6.94. The maximum atomic E-state index is 12.8. The Balaban J connectivity index is 2.36. The molecule has 2 heterocycles. The lowest BCUT2D eigenvalue weighted by atomic mass is 10.2. The summed E-state index contributed by atoms with van der Waals surface area (Å²) in [5, 5.41) is 1.97. The molecular formula is C14H15F3N2O3S. The van der Waals surface area contributed by atoms with Gasteiger partial charge in [0.15, 0.2) is 0 Å². The smallest absolute Gasteiger partial charge is 0.433 e. The Morgan fingerprint density at radius 3 is 2.78 bits per heavy atom. The minimum atomic E-state index is -4.63. The number of aromatic nitrogens is 1. The van der Waals surface area contributed by atoms with Crippen molar-refractivity contribution in [3.8, 4) is 0 Å². The van der Waals surface area contributed by atoms with Crippen LogP contribution in [0.2, 0.25) is 0 Å². The van der Waals surface area contributed by atoms with Crippen molar-refractivity contribution in [1.82, 2.24) is 10.3 Å². The first kappa shape index (κ1) is 17.6. The second-order valence-electron chi connectivity index (χ2n) is 4.93. The molecule has 126 valence electrons. The Hall–Kier alpha value is -1.77. The van der Waals surface area contributed by atoms with Crippen LogP contribution < -0.4 is 5.32 Å². The molecule has 1 saturated heterocycles. The molecule has 0 aromatic carbocycles. The van der Waals surface area contributed by atoms with E-state index in [2.05, 4.69) is 15.0 Å². The molecule has 1 aliphatic rings. The highest BCUT2D eigenvalue weighted by atomic mass is 32.2. The van der Waals surface area contributed by atoms with E-state index in [0.717, 1.165) is 43.8 Å². The lowest BCUT2D eigenvalue weighted by molar-refractivity contribution is -0.141. The van der Waals surface area contributed by atoms with Crippen LogP contribution in [0.15, 0.2) is 17.2 Å². The number of rotatable bonds is 3. The molecule has 2 rings (SSSR count). The maximum absolute atomic E-state index is 12.8. The molecule has 1 atom stereocenters. The van der Waals surface area contributed by atoms with Gasteiger partial charge in [0.25, 0.3) is 0 Å². The lowest BCUT2D eigenvalue weighted by Gasteiger charge is -2.15. The second kappa shape index (κ2) is 7.20. The Bertz CT molecular complexity index is 607. The van der Waals surface area contributed by atoms with Crippen LogP contribution in [0, 0.1) is 0 Å². The number of halogens is 3. The van der Waals surface area contributed by atoms with Gasteiger partial charge in [-0.15, -0.1) is 0 Å². The van der Waals surface area contributed by atoms with Crippen LogP contribution in [-0.4, -0.2) is 35.8 Å². The second-order valence-corrected chi connectivity index (χ2v) is 6.12. The number of amides is 1. The van der Waals surface area contributed by atoms with Gasteiger partial charge in [0, 0.05) is 6.54 Å². The number of carbonyl (C=O) groups excluding carboxylic acids is 2. The van der Waals surface area contributed by atoms with Crippen molar-refractivity contribution in [2.24, 2.45) is 0 Å². The van der Waals surface area contributed by atoms with Gasteiger partial charge >= 0.3 is 12.1 Å². The highest BCUT2D eigenvalue weighted by Crippen LogP contribution is 2.34. The summed E-state index contributed by atoms with van der Waals surface area (Å²) < 4.78 is 43.1. The van der Waals surface area contributed by atoms with Crippen LogP contribution in [0.4, 0.5) is 13.2 Å². The zero-order chi connectivity index (χ0) is 17.0. The van der Waals surface area contributed by atoms with Crippen LogP contribution >= 0.6 is 11.8 Å². The monoisotopic (exact) mass is 348 g/mol. The third-order valence-corrected chi connectivity index (χ3v) is 4.56. The molecule has 5 nitrogen and oxygen atoms in total. The van der Waals surface area contributed by atoms with Crippen molar-refractivity contribution in [2.45, 2.75) is 35.7 Å². The van der Waals surface area contributed by atoms with E-state index in [1.807, 2.05) is 0 Å². The highest BCUT2D eigenvalue weighted by Gasteiger charge is 2.34. The van der Waals surface area contributed by atoms with Crippen LogP contribution in [0.5, 0.6) is 0 Å². The molecule has 0 saturated carbocycles. The number of nitrogens with zero attached hydrogens (tertiary/aromatic N) is 1. The Morgan fingerprint density at radius 2 is 2.13 bits per heavy atom. The summed E-state index contributed by atoms with van der Waals surface area (Å²) in [5.74, 6) is -1.05. The van der Waals surface area contributed by atoms with Crippen LogP contribution in [0.25, 0.3) is 0 Å². The third-order valence-electron chi connectivity index (χ3n) is 3.29. The van der Waals surface area contributed by atoms with Crippen LogP contribution in [0.3, 0.4) is 0 Å². The highest BCUT2D eigenvalue weighted by molar-refractivity contribution is 8.00. The van der Waals surface area contributed by atoms with E-state index in [4.69, 9.17) is 0 Å². The van der Waals surface area contributed by atoms with Crippen molar-refractivity contribution in [2.75, 3.05) is 13.7 Å². The fourth-order valence-electron chi connectivity index (χ4n) is 2.11. The lowest BCUT2D eigenvalue weighted by Crippen LogP contribution is -2.31. The fraction of sp³-hybridized carbons (Fsp3) is 0.500. The van der Waals surface area contributed by atoms with Gasteiger partial charge < -0.3 is 10.1 Å². The number of methoxy groups -OCH3 is 1. The average molecular weight is 348 g/mol. The molecule has 1 aromatic rings. The topological polar surface area (TPSA) is 68.3 Å². The predicted molar refractivity (Wildman–Crippen MR) is 77.1 cm³/mol. The Morgan fingerprint density at radius 1 is 1.39 bits per heavy atom. The van der Waals surface area contributed by atoms with Gasteiger partial charge in [-0.3, -0.25) is 4.79 Å². The molecule has 1 aromatic heterocycles. The summed E-state index contributed by atoms with van der Waals surface area (Å²) in [6.45, 7) is 0.537. The Kier molecular flexibility index (Phi) is 5.51. The normalized spacial score (nSPS) is 19.0. The predicted octanol–water partition coefficient (Wildman–Crippen LogP) is 2.65.